The Morgan fingerprint density at radius 3 is 2.64 bits per heavy atom. The number of hydrogen-bond acceptors (Lipinski definition) is 2. The minimum Gasteiger partial charge on any atom is -0.464 e. The van der Waals surface area contributed by atoms with Gasteiger partial charge in [0.15, 0.2) is 17.5 Å². The highest BCUT2D eigenvalue weighted by Gasteiger charge is 2.18. The molecule has 1 amide bonds. The molecule has 0 saturated carbocycles. The number of carbonyl (C=O) groups excluding carboxylic acids is 1. The van der Waals surface area contributed by atoms with E-state index >= 15 is 0 Å². The number of fused-ring (bicyclic) bond motifs is 2. The van der Waals surface area contributed by atoms with E-state index in [4.69, 9.17) is 4.42 Å². The summed E-state index contributed by atoms with van der Waals surface area (Å²) in [5.41, 5.74) is 3.51. The molecule has 0 bridgehead atoms. The van der Waals surface area contributed by atoms with E-state index in [2.05, 4.69) is 5.32 Å². The summed E-state index contributed by atoms with van der Waals surface area (Å²) in [7, 11) is 0. The maximum atomic E-state index is 13.7. The molecule has 1 aliphatic carbocycles. The van der Waals surface area contributed by atoms with Crippen LogP contribution in [0.4, 0.5) is 18.9 Å². The Morgan fingerprint density at radius 2 is 1.84 bits per heavy atom. The minimum absolute atomic E-state index is 0.0514. The van der Waals surface area contributed by atoms with Crippen LogP contribution in [0.15, 0.2) is 34.9 Å². The second-order valence-corrected chi connectivity index (χ2v) is 6.18. The minimum atomic E-state index is -1.61. The summed E-state index contributed by atoms with van der Waals surface area (Å²) >= 11 is 0. The Morgan fingerprint density at radius 1 is 1.08 bits per heavy atom. The van der Waals surface area contributed by atoms with Crippen LogP contribution < -0.4 is 5.32 Å². The van der Waals surface area contributed by atoms with Gasteiger partial charge in [0.1, 0.15) is 5.58 Å². The van der Waals surface area contributed by atoms with E-state index in [1.807, 2.05) is 12.1 Å². The topological polar surface area (TPSA) is 42.2 Å². The molecule has 2 aromatic carbocycles. The molecule has 0 fully saturated rings. The summed E-state index contributed by atoms with van der Waals surface area (Å²) in [6.45, 7) is 0. The van der Waals surface area contributed by atoms with Gasteiger partial charge in [-0.3, -0.25) is 4.79 Å². The number of anilines is 1. The van der Waals surface area contributed by atoms with Gasteiger partial charge in [-0.15, -0.1) is 0 Å². The third-order valence-corrected chi connectivity index (χ3v) is 4.53. The van der Waals surface area contributed by atoms with Gasteiger partial charge in [-0.2, -0.15) is 0 Å². The van der Waals surface area contributed by atoms with Crippen LogP contribution >= 0.6 is 0 Å². The first-order valence-electron chi connectivity index (χ1n) is 7.98. The average Bonchev–Trinajstić information content (AvgIpc) is 3.20. The van der Waals surface area contributed by atoms with Gasteiger partial charge in [0.25, 0.3) is 0 Å². The lowest BCUT2D eigenvalue weighted by Crippen LogP contribution is -2.16. The molecule has 1 N–H and O–H groups in total. The molecule has 3 nitrogen and oxygen atoms in total. The predicted molar refractivity (Wildman–Crippen MR) is 86.9 cm³/mol. The maximum Gasteiger partial charge on any atom is 0.229 e. The lowest BCUT2D eigenvalue weighted by molar-refractivity contribution is -0.115. The lowest BCUT2D eigenvalue weighted by atomic mass is 10.0. The van der Waals surface area contributed by atoms with Crippen LogP contribution in [-0.2, 0) is 24.1 Å². The lowest BCUT2D eigenvalue weighted by Gasteiger charge is -2.07. The monoisotopic (exact) mass is 345 g/mol. The summed E-state index contributed by atoms with van der Waals surface area (Å²) in [6, 6.07) is 5.78. The number of rotatable bonds is 3. The maximum absolute atomic E-state index is 13.7. The fraction of sp³-hybridized carbons (Fsp3) is 0.211. The quantitative estimate of drug-likeness (QED) is 0.709. The molecule has 0 unspecified atom stereocenters. The Balaban J connectivity index is 1.57. The van der Waals surface area contributed by atoms with E-state index in [-0.39, 0.29) is 6.42 Å². The van der Waals surface area contributed by atoms with Crippen molar-refractivity contribution in [1.82, 2.24) is 0 Å². The number of carbonyl (C=O) groups is 1. The second-order valence-electron chi connectivity index (χ2n) is 6.18. The van der Waals surface area contributed by atoms with Gasteiger partial charge in [-0.25, -0.2) is 13.2 Å². The summed E-state index contributed by atoms with van der Waals surface area (Å²) in [5.74, 6) is -4.86. The fourth-order valence-electron chi connectivity index (χ4n) is 3.27. The highest BCUT2D eigenvalue weighted by atomic mass is 19.2. The Labute approximate surface area is 141 Å². The number of amides is 1. The van der Waals surface area contributed by atoms with Crippen molar-refractivity contribution < 1.29 is 22.4 Å². The molecule has 0 radical (unpaired) electrons. The van der Waals surface area contributed by atoms with Crippen molar-refractivity contribution in [1.29, 1.82) is 0 Å². The third kappa shape index (κ3) is 2.77. The van der Waals surface area contributed by atoms with Crippen molar-refractivity contribution in [3.05, 3.63) is 64.7 Å². The first-order chi connectivity index (χ1) is 12.0. The average molecular weight is 345 g/mol. The van der Waals surface area contributed by atoms with Crippen LogP contribution in [0.1, 0.15) is 23.1 Å². The van der Waals surface area contributed by atoms with E-state index in [0.717, 1.165) is 36.8 Å². The van der Waals surface area contributed by atoms with E-state index in [1.165, 1.54) is 17.4 Å². The number of aryl methyl sites for hydroxylation is 2. The number of halogens is 3. The van der Waals surface area contributed by atoms with Crippen molar-refractivity contribution in [3.8, 4) is 0 Å². The standard InChI is InChI=1S/C19H14F3NO2/c20-14-4-5-15(19(22)18(14)21)23-17(24)8-12-9-25-16-7-11-3-1-2-10(11)6-13(12)16/h4-7,9H,1-3,8H2,(H,23,24). The van der Waals surface area contributed by atoms with Gasteiger partial charge >= 0.3 is 0 Å². The molecule has 4 rings (SSSR count). The van der Waals surface area contributed by atoms with Crippen LogP contribution in [0.5, 0.6) is 0 Å². The highest BCUT2D eigenvalue weighted by molar-refractivity contribution is 5.95. The molecule has 0 saturated heterocycles. The van der Waals surface area contributed by atoms with Gasteiger partial charge in [0, 0.05) is 10.9 Å². The number of furan rings is 1. The summed E-state index contributed by atoms with van der Waals surface area (Å²) in [6.07, 6.45) is 4.58. The van der Waals surface area contributed by atoms with Crippen LogP contribution in [0.3, 0.4) is 0 Å². The number of benzene rings is 2. The predicted octanol–water partition coefficient (Wildman–Crippen LogP) is 4.52. The van der Waals surface area contributed by atoms with E-state index < -0.39 is 29.0 Å². The van der Waals surface area contributed by atoms with E-state index in [0.29, 0.717) is 11.1 Å². The third-order valence-electron chi connectivity index (χ3n) is 4.53. The zero-order valence-electron chi connectivity index (χ0n) is 13.2. The van der Waals surface area contributed by atoms with Crippen LogP contribution in [0.2, 0.25) is 0 Å². The molecule has 0 spiro atoms. The summed E-state index contributed by atoms with van der Waals surface area (Å²) < 4.78 is 45.4. The van der Waals surface area contributed by atoms with Crippen LogP contribution in [-0.4, -0.2) is 5.91 Å². The molecule has 0 aliphatic heterocycles. The SMILES string of the molecule is O=C(Cc1coc2cc3c(cc12)CCC3)Nc1ccc(F)c(F)c1F. The zero-order valence-corrected chi connectivity index (χ0v) is 13.2. The van der Waals surface area contributed by atoms with Crippen molar-refractivity contribution in [2.75, 3.05) is 5.32 Å². The molecular weight excluding hydrogens is 331 g/mol. The molecule has 1 heterocycles. The molecule has 0 atom stereocenters. The largest absolute Gasteiger partial charge is 0.464 e. The number of hydrogen-bond donors (Lipinski definition) is 1. The summed E-state index contributed by atoms with van der Waals surface area (Å²) in [4.78, 5) is 12.2. The summed E-state index contributed by atoms with van der Waals surface area (Å²) in [5, 5.41) is 3.12. The van der Waals surface area contributed by atoms with Crippen molar-refractivity contribution in [2.24, 2.45) is 0 Å². The normalized spacial score (nSPS) is 13.2. The second kappa shape index (κ2) is 5.95. The van der Waals surface area contributed by atoms with Crippen molar-refractivity contribution >= 4 is 22.6 Å². The highest BCUT2D eigenvalue weighted by Crippen LogP contribution is 2.30. The zero-order chi connectivity index (χ0) is 17.6. The van der Waals surface area contributed by atoms with Crippen LogP contribution in [0, 0.1) is 17.5 Å². The first-order valence-corrected chi connectivity index (χ1v) is 7.98. The Kier molecular flexibility index (Phi) is 3.75. The van der Waals surface area contributed by atoms with Gasteiger partial charge in [0.05, 0.1) is 18.4 Å². The molecule has 1 aliphatic rings. The molecule has 3 aromatic rings. The van der Waals surface area contributed by atoms with Gasteiger partial charge in [0.2, 0.25) is 5.91 Å². The van der Waals surface area contributed by atoms with Crippen molar-refractivity contribution in [2.45, 2.75) is 25.7 Å². The Hall–Kier alpha value is -2.76. The molecular formula is C19H14F3NO2. The van der Waals surface area contributed by atoms with Gasteiger partial charge in [-0.1, -0.05) is 0 Å². The molecule has 1 aromatic heterocycles. The van der Waals surface area contributed by atoms with E-state index in [9.17, 15) is 18.0 Å². The smallest absolute Gasteiger partial charge is 0.229 e. The molecule has 128 valence electrons. The Bertz CT molecular complexity index is 994. The fourth-order valence-corrected chi connectivity index (χ4v) is 3.27. The first kappa shape index (κ1) is 15.7. The molecule has 6 heteroatoms. The van der Waals surface area contributed by atoms with Crippen molar-refractivity contribution in [3.63, 3.8) is 0 Å². The van der Waals surface area contributed by atoms with Crippen LogP contribution in [0.25, 0.3) is 11.0 Å². The number of nitrogens with one attached hydrogen (secondary N) is 1. The van der Waals surface area contributed by atoms with Gasteiger partial charge < -0.3 is 9.73 Å². The van der Waals surface area contributed by atoms with Gasteiger partial charge in [-0.05, 0) is 54.7 Å². The molecule has 25 heavy (non-hydrogen) atoms. The van der Waals surface area contributed by atoms with E-state index in [1.54, 1.807) is 0 Å².